The Hall–Kier alpha value is -3.87. The molecule has 1 aromatic heterocycles. The molecule has 1 unspecified atom stereocenters. The Morgan fingerprint density at radius 2 is 1.76 bits per heavy atom. The minimum atomic E-state index is -0.743. The summed E-state index contributed by atoms with van der Waals surface area (Å²) in [5.74, 6) is 1.69. The number of nitrogens with zero attached hydrogens (tertiary/aromatic N) is 3. The van der Waals surface area contributed by atoms with Crippen molar-refractivity contribution < 1.29 is 19.4 Å². The Kier molecular flexibility index (Phi) is 10.2. The van der Waals surface area contributed by atoms with Crippen LogP contribution in [0.4, 0.5) is 11.5 Å². The third-order valence-electron chi connectivity index (χ3n) is 9.04. The van der Waals surface area contributed by atoms with Gasteiger partial charge in [0.05, 0.1) is 18.6 Å². The lowest BCUT2D eigenvalue weighted by Crippen LogP contribution is -2.41. The number of aromatic nitrogens is 1. The summed E-state index contributed by atoms with van der Waals surface area (Å²) in [5.41, 5.74) is 4.80. The minimum absolute atomic E-state index is 0.0154. The summed E-state index contributed by atoms with van der Waals surface area (Å²) >= 11 is 0. The molecule has 1 saturated heterocycles. The van der Waals surface area contributed by atoms with Crippen molar-refractivity contribution in [3.63, 3.8) is 0 Å². The van der Waals surface area contributed by atoms with Crippen LogP contribution in [0.25, 0.3) is 0 Å². The van der Waals surface area contributed by atoms with Gasteiger partial charge in [0, 0.05) is 31.0 Å². The van der Waals surface area contributed by atoms with E-state index in [9.17, 15) is 14.7 Å². The van der Waals surface area contributed by atoms with E-state index in [1.165, 1.54) is 5.56 Å². The van der Waals surface area contributed by atoms with Gasteiger partial charge in [-0.1, -0.05) is 52.0 Å². The van der Waals surface area contributed by atoms with Gasteiger partial charge in [0.1, 0.15) is 11.6 Å². The van der Waals surface area contributed by atoms with Gasteiger partial charge in [-0.15, -0.1) is 0 Å². The zero-order valence-electron chi connectivity index (χ0n) is 27.6. The van der Waals surface area contributed by atoms with E-state index in [0.717, 1.165) is 73.5 Å². The van der Waals surface area contributed by atoms with Gasteiger partial charge in [0.25, 0.3) is 5.91 Å². The molecule has 2 fully saturated rings. The molecule has 2 aliphatic rings. The molecule has 7 heteroatoms. The van der Waals surface area contributed by atoms with E-state index in [4.69, 9.17) is 9.72 Å². The van der Waals surface area contributed by atoms with Crippen molar-refractivity contribution in [2.75, 3.05) is 36.0 Å². The first-order chi connectivity index (χ1) is 21.5. The molecule has 0 radical (unpaired) electrons. The fourth-order valence-electron chi connectivity index (χ4n) is 6.43. The van der Waals surface area contributed by atoms with E-state index in [-0.39, 0.29) is 23.7 Å². The monoisotopic (exact) mass is 611 g/mol. The summed E-state index contributed by atoms with van der Waals surface area (Å²) in [6.45, 7) is 13.4. The van der Waals surface area contributed by atoms with E-state index in [1.54, 1.807) is 0 Å². The molecule has 1 saturated carbocycles. The number of rotatable bonds is 12. The highest BCUT2D eigenvalue weighted by molar-refractivity contribution is 6.09. The molecule has 1 N–H and O–H groups in total. The van der Waals surface area contributed by atoms with Crippen LogP contribution in [0.3, 0.4) is 0 Å². The number of piperidine rings is 1. The highest BCUT2D eigenvalue weighted by Crippen LogP contribution is 2.45. The lowest BCUT2D eigenvalue weighted by Gasteiger charge is -2.36. The fourth-order valence-corrected chi connectivity index (χ4v) is 6.43. The van der Waals surface area contributed by atoms with E-state index in [2.05, 4.69) is 44.7 Å². The highest BCUT2D eigenvalue weighted by Gasteiger charge is 2.34. The summed E-state index contributed by atoms with van der Waals surface area (Å²) in [6, 6.07) is 20.2. The molecule has 1 aliphatic heterocycles. The molecule has 3 aromatic rings. The van der Waals surface area contributed by atoms with Crippen molar-refractivity contribution in [3.05, 3.63) is 83.0 Å². The second-order valence-electron chi connectivity index (χ2n) is 14.1. The molecule has 2 heterocycles. The van der Waals surface area contributed by atoms with Crippen molar-refractivity contribution in [3.8, 4) is 5.75 Å². The van der Waals surface area contributed by atoms with Crippen LogP contribution >= 0.6 is 0 Å². The van der Waals surface area contributed by atoms with Crippen molar-refractivity contribution in [2.24, 2.45) is 17.3 Å². The van der Waals surface area contributed by atoms with Gasteiger partial charge in [-0.25, -0.2) is 4.98 Å². The number of amides is 1. The molecule has 0 spiro atoms. The molecular weight excluding hydrogens is 562 g/mol. The second-order valence-corrected chi connectivity index (χ2v) is 14.1. The number of carbonyl (C=O) groups excluding carboxylic acids is 1. The maximum atomic E-state index is 14.3. The van der Waals surface area contributed by atoms with Crippen LogP contribution in [0.5, 0.6) is 5.75 Å². The lowest BCUT2D eigenvalue weighted by molar-refractivity contribution is -0.137. The number of pyridine rings is 1. The van der Waals surface area contributed by atoms with Gasteiger partial charge >= 0.3 is 5.97 Å². The van der Waals surface area contributed by atoms with E-state index < -0.39 is 5.97 Å². The zero-order valence-corrected chi connectivity index (χ0v) is 27.6. The van der Waals surface area contributed by atoms with Gasteiger partial charge in [-0.2, -0.15) is 0 Å². The number of ether oxygens (including phenoxy) is 1. The average molecular weight is 612 g/mol. The lowest BCUT2D eigenvalue weighted by atomic mass is 9.91. The molecule has 5 rings (SSSR count). The quantitative estimate of drug-likeness (QED) is 0.224. The first kappa shape index (κ1) is 32.5. The van der Waals surface area contributed by atoms with Crippen LogP contribution in [0.1, 0.15) is 92.9 Å². The smallest absolute Gasteiger partial charge is 0.303 e. The summed E-state index contributed by atoms with van der Waals surface area (Å²) < 4.78 is 6.28. The number of benzene rings is 2. The third-order valence-corrected chi connectivity index (χ3v) is 9.04. The van der Waals surface area contributed by atoms with Crippen LogP contribution in [-0.2, 0) is 11.2 Å². The SMILES string of the molecule is CCc1ccc(C(=O)N(CC(C)(C)C)c2cccc(C)n2)c(N2CCC(COc3cccc(C(CC(=O)O)C4CC4)c3)CC2)c1. The van der Waals surface area contributed by atoms with E-state index >= 15 is 0 Å². The Balaban J connectivity index is 1.28. The number of anilines is 2. The number of aryl methyl sites for hydroxylation is 2. The normalized spacial score (nSPS) is 16.3. The minimum Gasteiger partial charge on any atom is -0.493 e. The van der Waals surface area contributed by atoms with Gasteiger partial charge < -0.3 is 14.7 Å². The van der Waals surface area contributed by atoms with Crippen molar-refractivity contribution in [1.82, 2.24) is 4.98 Å². The summed E-state index contributed by atoms with van der Waals surface area (Å²) in [7, 11) is 0. The Morgan fingerprint density at radius 3 is 2.40 bits per heavy atom. The molecule has 45 heavy (non-hydrogen) atoms. The highest BCUT2D eigenvalue weighted by atomic mass is 16.5. The van der Waals surface area contributed by atoms with Gasteiger partial charge in [-0.3, -0.25) is 14.5 Å². The van der Waals surface area contributed by atoms with Crippen molar-refractivity contribution in [2.45, 2.75) is 79.1 Å². The number of aliphatic carboxylic acids is 1. The summed E-state index contributed by atoms with van der Waals surface area (Å²) in [6.07, 6.45) is 5.23. The molecule has 0 bridgehead atoms. The molecule has 7 nitrogen and oxygen atoms in total. The predicted octanol–water partition coefficient (Wildman–Crippen LogP) is 7.91. The Labute approximate surface area is 268 Å². The zero-order chi connectivity index (χ0) is 32.1. The largest absolute Gasteiger partial charge is 0.493 e. The number of carboxylic acid groups (broad SMARTS) is 1. The van der Waals surface area contributed by atoms with E-state index in [0.29, 0.717) is 30.8 Å². The second kappa shape index (κ2) is 14.1. The van der Waals surface area contributed by atoms with Gasteiger partial charge in [0.15, 0.2) is 0 Å². The standard InChI is InChI=1S/C38H49N3O4/c1-6-27-13-16-32(37(44)41(25-38(3,4)5)35-12-7-9-26(2)39-35)34(21-27)40-19-17-28(18-20-40)24-45-31-11-8-10-30(22-31)33(23-36(42)43)29-14-15-29/h7-13,16,21-22,28-29,33H,6,14-15,17-20,23-25H2,1-5H3,(H,42,43). The summed E-state index contributed by atoms with van der Waals surface area (Å²) in [5, 5.41) is 9.42. The van der Waals surface area contributed by atoms with Crippen LogP contribution in [0, 0.1) is 24.2 Å². The maximum Gasteiger partial charge on any atom is 0.303 e. The fraction of sp³-hybridized carbons (Fsp3) is 0.500. The molecule has 1 atom stereocenters. The maximum absolute atomic E-state index is 14.3. The van der Waals surface area contributed by atoms with Gasteiger partial charge in [-0.05, 0) is 110 Å². The first-order valence-electron chi connectivity index (χ1n) is 16.6. The van der Waals surface area contributed by atoms with Crippen LogP contribution in [0.15, 0.2) is 60.7 Å². The van der Waals surface area contributed by atoms with Gasteiger partial charge in [0.2, 0.25) is 0 Å². The molecule has 1 amide bonds. The predicted molar refractivity (Wildman–Crippen MR) is 181 cm³/mol. The Bertz CT molecular complexity index is 1480. The molecular formula is C38H49N3O4. The number of carboxylic acids is 1. The molecule has 2 aromatic carbocycles. The summed E-state index contributed by atoms with van der Waals surface area (Å²) in [4.78, 5) is 34.7. The molecule has 1 aliphatic carbocycles. The Morgan fingerprint density at radius 1 is 1.02 bits per heavy atom. The topological polar surface area (TPSA) is 83.0 Å². The van der Waals surface area contributed by atoms with Crippen LogP contribution in [0.2, 0.25) is 0 Å². The number of hydrogen-bond acceptors (Lipinski definition) is 5. The number of carbonyl (C=O) groups is 2. The van der Waals surface area contributed by atoms with Crippen LogP contribution in [-0.4, -0.2) is 48.2 Å². The molecule has 240 valence electrons. The van der Waals surface area contributed by atoms with Crippen molar-refractivity contribution in [1.29, 1.82) is 0 Å². The van der Waals surface area contributed by atoms with E-state index in [1.807, 2.05) is 60.4 Å². The third kappa shape index (κ3) is 8.65. The number of hydrogen-bond donors (Lipinski definition) is 1. The first-order valence-corrected chi connectivity index (χ1v) is 16.6. The van der Waals surface area contributed by atoms with Crippen molar-refractivity contribution >= 4 is 23.4 Å². The van der Waals surface area contributed by atoms with Crippen LogP contribution < -0.4 is 14.5 Å². The average Bonchev–Trinajstić information content (AvgIpc) is 3.86.